The van der Waals surface area contributed by atoms with Crippen molar-refractivity contribution in [3.05, 3.63) is 35.4 Å². The van der Waals surface area contributed by atoms with Gasteiger partial charge in [-0.1, -0.05) is 18.2 Å². The summed E-state index contributed by atoms with van der Waals surface area (Å²) in [6.07, 6.45) is -7.33. The van der Waals surface area contributed by atoms with Crippen molar-refractivity contribution in [2.75, 3.05) is 6.61 Å². The molecule has 1 fully saturated rings. The lowest BCUT2D eigenvalue weighted by Gasteiger charge is -2.40. The molecule has 9 nitrogen and oxygen atoms in total. The van der Waals surface area contributed by atoms with Crippen LogP contribution in [0, 0.1) is 6.92 Å². The molecule has 0 aliphatic carbocycles. The van der Waals surface area contributed by atoms with Crippen molar-refractivity contribution in [3.63, 3.8) is 0 Å². The van der Waals surface area contributed by atoms with Gasteiger partial charge in [-0.2, -0.15) is 0 Å². The zero-order valence-electron chi connectivity index (χ0n) is 16.7. The van der Waals surface area contributed by atoms with Gasteiger partial charge in [-0.25, -0.2) is 0 Å². The highest BCUT2D eigenvalue weighted by atomic mass is 16.7. The number of carbonyl (C=O) groups excluding carboxylic acids is 2. The van der Waals surface area contributed by atoms with Crippen molar-refractivity contribution < 1.29 is 44.2 Å². The van der Waals surface area contributed by atoms with E-state index in [1.165, 1.54) is 19.9 Å². The second kappa shape index (κ2) is 8.57. The second-order valence-corrected chi connectivity index (χ2v) is 7.26. The van der Waals surface area contributed by atoms with Crippen LogP contribution in [0.15, 0.2) is 24.3 Å². The van der Waals surface area contributed by atoms with E-state index in [0.29, 0.717) is 10.9 Å². The van der Waals surface area contributed by atoms with Gasteiger partial charge in [0.05, 0.1) is 10.9 Å². The fourth-order valence-corrected chi connectivity index (χ4v) is 3.56. The number of aromatic hydroxyl groups is 1. The molecule has 0 bridgehead atoms. The first-order valence-corrected chi connectivity index (χ1v) is 9.37. The lowest BCUT2D eigenvalue weighted by molar-refractivity contribution is -0.278. The Morgan fingerprint density at radius 3 is 2.43 bits per heavy atom. The van der Waals surface area contributed by atoms with Gasteiger partial charge in [0.25, 0.3) is 0 Å². The minimum Gasteiger partial charge on any atom is -0.506 e. The van der Waals surface area contributed by atoms with Crippen LogP contribution in [0.25, 0.3) is 10.8 Å². The molecule has 30 heavy (non-hydrogen) atoms. The number of fused-ring (bicyclic) bond motifs is 1. The Hall–Kier alpha value is -2.72. The Morgan fingerprint density at radius 1 is 1.10 bits per heavy atom. The molecule has 0 saturated carbocycles. The van der Waals surface area contributed by atoms with Gasteiger partial charge in [0.2, 0.25) is 6.29 Å². The molecule has 1 aliphatic heterocycles. The first-order chi connectivity index (χ1) is 14.1. The summed E-state index contributed by atoms with van der Waals surface area (Å²) in [5, 5.41) is 42.1. The average Bonchev–Trinajstić information content (AvgIpc) is 2.66. The molecule has 0 aromatic heterocycles. The van der Waals surface area contributed by atoms with Gasteiger partial charge < -0.3 is 34.6 Å². The molecule has 4 N–H and O–H groups in total. The number of aliphatic hydroxyl groups excluding tert-OH is 3. The van der Waals surface area contributed by atoms with Crippen molar-refractivity contribution >= 4 is 22.5 Å². The summed E-state index contributed by atoms with van der Waals surface area (Å²) in [6, 6.07) is 6.61. The summed E-state index contributed by atoms with van der Waals surface area (Å²) in [4.78, 5) is 23.0. The average molecular weight is 420 g/mol. The predicted octanol–water partition coefficient (Wildman–Crippen LogP) is 0.806. The Kier molecular flexibility index (Phi) is 6.27. The number of hydrogen-bond donors (Lipinski definition) is 4. The van der Waals surface area contributed by atoms with Crippen LogP contribution in [0.3, 0.4) is 0 Å². The summed E-state index contributed by atoms with van der Waals surface area (Å²) in [5.41, 5.74) is 0.741. The van der Waals surface area contributed by atoms with Gasteiger partial charge in [0, 0.05) is 6.92 Å². The number of aryl methyl sites for hydroxylation is 1. The molecule has 1 aliphatic rings. The summed E-state index contributed by atoms with van der Waals surface area (Å²) in [5.74, 6) is -1.09. The SMILES string of the molecule is CC(=O)OCC1OC(Oc2cccc3cc(C)c(C(C)=O)c(O)c23)C(O)C(O)[C@@H]1O. The van der Waals surface area contributed by atoms with Crippen LogP contribution >= 0.6 is 0 Å². The van der Waals surface area contributed by atoms with Gasteiger partial charge in [0.1, 0.15) is 42.5 Å². The molecule has 5 atom stereocenters. The van der Waals surface area contributed by atoms with E-state index in [-0.39, 0.29) is 34.8 Å². The number of ketones is 1. The van der Waals surface area contributed by atoms with Gasteiger partial charge >= 0.3 is 5.97 Å². The molecule has 0 amide bonds. The van der Waals surface area contributed by atoms with E-state index in [9.17, 15) is 30.0 Å². The van der Waals surface area contributed by atoms with Crippen molar-refractivity contribution in [2.45, 2.75) is 51.5 Å². The maximum atomic E-state index is 12.0. The van der Waals surface area contributed by atoms with Gasteiger partial charge in [-0.05, 0) is 30.9 Å². The third kappa shape index (κ3) is 4.10. The number of esters is 1. The zero-order chi connectivity index (χ0) is 22.2. The quantitative estimate of drug-likeness (QED) is 0.408. The molecule has 1 saturated heterocycles. The van der Waals surface area contributed by atoms with Crippen molar-refractivity contribution in [1.29, 1.82) is 0 Å². The van der Waals surface area contributed by atoms with Crippen LogP contribution in [0.4, 0.5) is 0 Å². The molecule has 162 valence electrons. The topological polar surface area (TPSA) is 143 Å². The van der Waals surface area contributed by atoms with E-state index < -0.39 is 36.7 Å². The van der Waals surface area contributed by atoms with E-state index in [1.807, 2.05) is 0 Å². The van der Waals surface area contributed by atoms with Crippen LogP contribution < -0.4 is 4.74 Å². The smallest absolute Gasteiger partial charge is 0.302 e. The highest BCUT2D eigenvalue weighted by Crippen LogP contribution is 2.39. The first-order valence-electron chi connectivity index (χ1n) is 9.37. The van der Waals surface area contributed by atoms with Crippen LogP contribution in [0.5, 0.6) is 11.5 Å². The number of ether oxygens (including phenoxy) is 3. The van der Waals surface area contributed by atoms with Crippen LogP contribution in [0.2, 0.25) is 0 Å². The van der Waals surface area contributed by atoms with E-state index in [1.54, 1.807) is 25.1 Å². The molecule has 3 rings (SSSR count). The summed E-state index contributed by atoms with van der Waals surface area (Å²) in [6.45, 7) is 3.87. The number of phenols is 1. The molecular weight excluding hydrogens is 396 g/mol. The summed E-state index contributed by atoms with van der Waals surface area (Å²) in [7, 11) is 0. The van der Waals surface area contributed by atoms with Crippen molar-refractivity contribution in [1.82, 2.24) is 0 Å². The second-order valence-electron chi connectivity index (χ2n) is 7.26. The van der Waals surface area contributed by atoms with Crippen molar-refractivity contribution in [2.24, 2.45) is 0 Å². The minimum absolute atomic E-state index is 0.103. The van der Waals surface area contributed by atoms with Gasteiger partial charge in [0.15, 0.2) is 5.78 Å². The van der Waals surface area contributed by atoms with Crippen LogP contribution in [-0.2, 0) is 14.3 Å². The number of Topliss-reactive ketones (excluding diaryl/α,β-unsaturated/α-hetero) is 1. The Balaban J connectivity index is 1.97. The lowest BCUT2D eigenvalue weighted by atomic mass is 9.97. The number of hydrogen-bond acceptors (Lipinski definition) is 9. The lowest BCUT2D eigenvalue weighted by Crippen LogP contribution is -2.60. The molecule has 1 heterocycles. The van der Waals surface area contributed by atoms with Gasteiger partial charge in [-0.15, -0.1) is 0 Å². The molecule has 4 unspecified atom stereocenters. The van der Waals surface area contributed by atoms with E-state index >= 15 is 0 Å². The maximum absolute atomic E-state index is 12.0. The fourth-order valence-electron chi connectivity index (χ4n) is 3.56. The first kappa shape index (κ1) is 22.0. The largest absolute Gasteiger partial charge is 0.506 e. The predicted molar refractivity (Wildman–Crippen MR) is 104 cm³/mol. The summed E-state index contributed by atoms with van der Waals surface area (Å²) < 4.78 is 16.1. The minimum atomic E-state index is -1.62. The monoisotopic (exact) mass is 420 g/mol. The number of aliphatic hydroxyl groups is 3. The number of phenolic OH excluding ortho intramolecular Hbond substituents is 1. The number of rotatable bonds is 5. The normalized spacial score (nSPS) is 26.4. The van der Waals surface area contributed by atoms with E-state index in [0.717, 1.165) is 0 Å². The van der Waals surface area contributed by atoms with E-state index in [4.69, 9.17) is 14.2 Å². The number of carbonyl (C=O) groups is 2. The third-order valence-corrected chi connectivity index (χ3v) is 5.01. The highest BCUT2D eigenvalue weighted by Gasteiger charge is 2.45. The van der Waals surface area contributed by atoms with Crippen LogP contribution in [-0.4, -0.2) is 69.5 Å². The Bertz CT molecular complexity index is 971. The maximum Gasteiger partial charge on any atom is 0.302 e. The number of benzene rings is 2. The summed E-state index contributed by atoms with van der Waals surface area (Å²) >= 11 is 0. The molecule has 9 heteroatoms. The fraction of sp³-hybridized carbons (Fsp3) is 0.429. The molecule has 2 aromatic rings. The standard InChI is InChI=1S/C21H24O9/c1-9-7-12-5-4-6-13(16(12)18(25)15(9)10(2)22)29-21-20(27)19(26)17(24)14(30-21)8-28-11(3)23/h4-7,14,17,19-21,24-27H,8H2,1-3H3/t14?,17-,19?,20?,21?/m1/s1. The zero-order valence-corrected chi connectivity index (χ0v) is 16.7. The van der Waals surface area contributed by atoms with Crippen molar-refractivity contribution in [3.8, 4) is 11.5 Å². The third-order valence-electron chi connectivity index (χ3n) is 5.01. The van der Waals surface area contributed by atoms with Gasteiger partial charge in [-0.3, -0.25) is 9.59 Å². The Morgan fingerprint density at radius 2 is 1.80 bits per heavy atom. The van der Waals surface area contributed by atoms with Crippen LogP contribution in [0.1, 0.15) is 29.8 Å². The molecule has 0 spiro atoms. The molecular formula is C21H24O9. The van der Waals surface area contributed by atoms with E-state index in [2.05, 4.69) is 0 Å². The Labute approximate surface area is 172 Å². The highest BCUT2D eigenvalue weighted by molar-refractivity contribution is 6.06. The molecule has 0 radical (unpaired) electrons. The molecule has 2 aromatic carbocycles.